The van der Waals surface area contributed by atoms with Crippen LogP contribution in [0, 0.1) is 27.7 Å². The third kappa shape index (κ3) is 5.46. The molecule has 2 aromatic carbocycles. The van der Waals surface area contributed by atoms with Gasteiger partial charge >= 0.3 is 0 Å². The highest BCUT2D eigenvalue weighted by atomic mass is 16.5. The van der Waals surface area contributed by atoms with Crippen molar-refractivity contribution in [2.24, 2.45) is 0 Å². The summed E-state index contributed by atoms with van der Waals surface area (Å²) < 4.78 is 12.1. The van der Waals surface area contributed by atoms with Gasteiger partial charge in [0.25, 0.3) is 0 Å². The van der Waals surface area contributed by atoms with Crippen LogP contribution in [0.2, 0.25) is 0 Å². The lowest BCUT2D eigenvalue weighted by Crippen LogP contribution is -2.09. The molecule has 6 aromatic rings. The van der Waals surface area contributed by atoms with Crippen molar-refractivity contribution < 1.29 is 4.74 Å². The van der Waals surface area contributed by atoms with Crippen molar-refractivity contribution in [3.8, 4) is 17.4 Å². The third-order valence-electron chi connectivity index (χ3n) is 7.54. The predicted molar refractivity (Wildman–Crippen MR) is 166 cm³/mol. The van der Waals surface area contributed by atoms with Gasteiger partial charge in [-0.1, -0.05) is 30.9 Å². The van der Waals surface area contributed by atoms with E-state index in [0.717, 1.165) is 29.2 Å². The zero-order valence-corrected chi connectivity index (χ0v) is 24.1. The van der Waals surface area contributed by atoms with Gasteiger partial charge in [0, 0.05) is 35.4 Å². The van der Waals surface area contributed by atoms with Crippen LogP contribution >= 0.6 is 0 Å². The summed E-state index contributed by atoms with van der Waals surface area (Å²) >= 11 is 0. The maximum absolute atomic E-state index is 5.68. The van der Waals surface area contributed by atoms with Crippen LogP contribution in [-0.2, 0) is 13.0 Å². The molecule has 0 N–H and O–H groups in total. The second kappa shape index (κ2) is 11.0. The Kier molecular flexibility index (Phi) is 7.06. The Bertz CT molecular complexity index is 1770. The van der Waals surface area contributed by atoms with E-state index < -0.39 is 0 Å². The van der Waals surface area contributed by atoms with E-state index in [1.807, 2.05) is 16.9 Å². The topological polar surface area (TPSA) is 49.8 Å². The van der Waals surface area contributed by atoms with E-state index in [2.05, 4.69) is 116 Å². The molecule has 0 bridgehead atoms. The van der Waals surface area contributed by atoms with Gasteiger partial charge in [0.05, 0.1) is 12.7 Å². The summed E-state index contributed by atoms with van der Waals surface area (Å²) in [5, 5.41) is 7.04. The Balaban J connectivity index is 1.27. The first-order chi connectivity index (χ1) is 19.9. The fourth-order valence-electron chi connectivity index (χ4n) is 5.57. The van der Waals surface area contributed by atoms with Crippen molar-refractivity contribution in [3.63, 3.8) is 0 Å². The number of hydrogen-bond donors (Lipinski definition) is 0. The van der Waals surface area contributed by atoms with E-state index in [4.69, 9.17) is 14.8 Å². The van der Waals surface area contributed by atoms with E-state index >= 15 is 0 Å². The van der Waals surface area contributed by atoms with Gasteiger partial charge < -0.3 is 13.9 Å². The highest BCUT2D eigenvalue weighted by Crippen LogP contribution is 2.24. The van der Waals surface area contributed by atoms with Crippen LogP contribution in [0.1, 0.15) is 39.5 Å². The number of nitrogens with zero attached hydrogens (tertiary/aromatic N) is 5. The standard InChI is InChI=1S/C35H35N5O/c1-6-15-41-33-14-13-31-17-28(11-12-32(31)20-33)22-38-23-30(21-36-38)16-29-18-34(39-24(2)7-8-25(39)3)37-35(19-29)40-26(4)9-10-27(40)5/h6-14,17-21,23H,1,15-16,22H2,2-5H3. The number of hydrogen-bond acceptors (Lipinski definition) is 3. The largest absolute Gasteiger partial charge is 0.490 e. The summed E-state index contributed by atoms with van der Waals surface area (Å²) in [5.41, 5.74) is 8.25. The highest BCUT2D eigenvalue weighted by molar-refractivity contribution is 5.84. The lowest BCUT2D eigenvalue weighted by molar-refractivity contribution is 0.364. The summed E-state index contributed by atoms with van der Waals surface area (Å²) in [4.78, 5) is 5.10. The molecule has 0 unspecified atom stereocenters. The summed E-state index contributed by atoms with van der Waals surface area (Å²) in [5.74, 6) is 2.73. The molecule has 206 valence electrons. The fraction of sp³-hybridized carbons (Fsp3) is 0.200. The van der Waals surface area contributed by atoms with Crippen LogP contribution in [-0.4, -0.2) is 30.5 Å². The lowest BCUT2D eigenvalue weighted by Gasteiger charge is -2.15. The van der Waals surface area contributed by atoms with Crippen molar-refractivity contribution >= 4 is 10.8 Å². The molecule has 0 atom stereocenters. The van der Waals surface area contributed by atoms with Gasteiger partial charge in [0.15, 0.2) is 0 Å². The van der Waals surface area contributed by atoms with Gasteiger partial charge in [-0.25, -0.2) is 4.98 Å². The van der Waals surface area contributed by atoms with Crippen molar-refractivity contribution in [3.05, 3.63) is 137 Å². The number of rotatable bonds is 9. The zero-order chi connectivity index (χ0) is 28.5. The average molecular weight is 542 g/mol. The molecule has 0 radical (unpaired) electrons. The van der Waals surface area contributed by atoms with E-state index in [0.29, 0.717) is 13.2 Å². The van der Waals surface area contributed by atoms with E-state index in [1.54, 1.807) is 6.08 Å². The van der Waals surface area contributed by atoms with Crippen molar-refractivity contribution in [1.29, 1.82) is 0 Å². The van der Waals surface area contributed by atoms with Gasteiger partial charge in [-0.3, -0.25) is 4.68 Å². The number of aromatic nitrogens is 5. The third-order valence-corrected chi connectivity index (χ3v) is 7.54. The van der Waals surface area contributed by atoms with Gasteiger partial charge in [-0.2, -0.15) is 5.10 Å². The number of benzene rings is 2. The normalized spacial score (nSPS) is 11.3. The van der Waals surface area contributed by atoms with Gasteiger partial charge in [0.2, 0.25) is 0 Å². The number of pyridine rings is 1. The second-order valence-corrected chi connectivity index (χ2v) is 10.8. The Morgan fingerprint density at radius 1 is 0.707 bits per heavy atom. The second-order valence-electron chi connectivity index (χ2n) is 10.8. The monoisotopic (exact) mass is 541 g/mol. The summed E-state index contributed by atoms with van der Waals surface area (Å²) in [6.45, 7) is 13.4. The molecular weight excluding hydrogens is 506 g/mol. The number of fused-ring (bicyclic) bond motifs is 1. The van der Waals surface area contributed by atoms with Crippen LogP contribution in [0.15, 0.2) is 97.8 Å². The molecule has 0 saturated heterocycles. The van der Waals surface area contributed by atoms with E-state index in [1.165, 1.54) is 44.9 Å². The maximum atomic E-state index is 5.68. The van der Waals surface area contributed by atoms with Crippen molar-refractivity contribution in [2.45, 2.75) is 40.7 Å². The maximum Gasteiger partial charge on any atom is 0.139 e. The minimum absolute atomic E-state index is 0.505. The Morgan fingerprint density at radius 3 is 1.95 bits per heavy atom. The molecule has 0 aliphatic rings. The van der Waals surface area contributed by atoms with Crippen molar-refractivity contribution in [2.75, 3.05) is 6.61 Å². The van der Waals surface area contributed by atoms with Gasteiger partial charge in [-0.15, -0.1) is 0 Å². The van der Waals surface area contributed by atoms with Crippen LogP contribution in [0.25, 0.3) is 22.4 Å². The summed E-state index contributed by atoms with van der Waals surface area (Å²) in [6.07, 6.45) is 6.65. The molecular formula is C35H35N5O. The number of aryl methyl sites for hydroxylation is 4. The van der Waals surface area contributed by atoms with Crippen LogP contribution < -0.4 is 4.74 Å². The Labute approximate surface area is 241 Å². The quantitative estimate of drug-likeness (QED) is 0.179. The first-order valence-electron chi connectivity index (χ1n) is 14.0. The predicted octanol–water partition coefficient (Wildman–Crippen LogP) is 7.45. The van der Waals surface area contributed by atoms with Gasteiger partial charge in [-0.05, 0) is 110 Å². The minimum atomic E-state index is 0.505. The van der Waals surface area contributed by atoms with Crippen LogP contribution in [0.3, 0.4) is 0 Å². The molecule has 0 aliphatic carbocycles. The minimum Gasteiger partial charge on any atom is -0.490 e. The molecule has 6 heteroatoms. The molecule has 0 spiro atoms. The summed E-state index contributed by atoms with van der Waals surface area (Å²) in [6, 6.07) is 25.7. The van der Waals surface area contributed by atoms with Crippen molar-refractivity contribution in [1.82, 2.24) is 23.9 Å². The molecule has 6 rings (SSSR count). The average Bonchev–Trinajstić information content (AvgIpc) is 3.64. The molecule has 0 saturated carbocycles. The molecule has 41 heavy (non-hydrogen) atoms. The van der Waals surface area contributed by atoms with Crippen LogP contribution in [0.4, 0.5) is 0 Å². The van der Waals surface area contributed by atoms with E-state index in [9.17, 15) is 0 Å². The lowest BCUT2D eigenvalue weighted by atomic mass is 10.1. The summed E-state index contributed by atoms with van der Waals surface area (Å²) in [7, 11) is 0. The highest BCUT2D eigenvalue weighted by Gasteiger charge is 2.13. The molecule has 0 amide bonds. The number of ether oxygens (including phenoxy) is 1. The Morgan fingerprint density at radius 2 is 1.32 bits per heavy atom. The molecule has 0 fully saturated rings. The molecule has 6 nitrogen and oxygen atoms in total. The zero-order valence-electron chi connectivity index (χ0n) is 24.1. The van der Waals surface area contributed by atoms with Gasteiger partial charge in [0.1, 0.15) is 24.0 Å². The smallest absolute Gasteiger partial charge is 0.139 e. The van der Waals surface area contributed by atoms with Crippen LogP contribution in [0.5, 0.6) is 5.75 Å². The first-order valence-corrected chi connectivity index (χ1v) is 14.0. The molecule has 4 heterocycles. The molecule has 0 aliphatic heterocycles. The Hall–Kier alpha value is -4.84. The first kappa shape index (κ1) is 26.4. The van der Waals surface area contributed by atoms with E-state index in [-0.39, 0.29) is 0 Å². The SMILES string of the molecule is C=CCOc1ccc2cc(Cn3cc(Cc4cc(-n5c(C)ccc5C)nc(-n5c(C)ccc5C)c4)cn3)ccc2c1. The molecule has 4 aromatic heterocycles. The fourth-order valence-corrected chi connectivity index (χ4v) is 5.57.